The molecular weight excluding hydrogens is 512 g/mol. The fourth-order valence-electron chi connectivity index (χ4n) is 4.61. The number of anilines is 1. The minimum atomic E-state index is -0.659. The Labute approximate surface area is 229 Å². The number of ether oxygens (including phenoxy) is 1. The van der Waals surface area contributed by atoms with E-state index < -0.39 is 11.2 Å². The molecule has 10 nitrogen and oxygen atoms in total. The van der Waals surface area contributed by atoms with Gasteiger partial charge in [-0.1, -0.05) is 35.4 Å². The Bertz CT molecular complexity index is 1540. The van der Waals surface area contributed by atoms with Gasteiger partial charge in [0.1, 0.15) is 41.7 Å². The largest absolute Gasteiger partial charge is 0.616 e. The van der Waals surface area contributed by atoms with E-state index in [0.717, 1.165) is 76.4 Å². The minimum Gasteiger partial charge on any atom is -0.616 e. The highest BCUT2D eigenvalue weighted by atomic mass is 32.2. The maximum atomic E-state index is 11.5. The van der Waals surface area contributed by atoms with Crippen molar-refractivity contribution in [3.63, 3.8) is 0 Å². The van der Waals surface area contributed by atoms with Crippen molar-refractivity contribution in [1.82, 2.24) is 34.0 Å². The SMILES string of the molecule is Cn1cc(-c2ccc(CNc3cc(-c4cnc5cc(OCCN6CC[S+]([O-])CC6)ccn45)ncn3)cc2)cn1. The van der Waals surface area contributed by atoms with Crippen LogP contribution < -0.4 is 10.1 Å². The molecule has 6 rings (SSSR count). The number of benzene rings is 1. The molecule has 1 aromatic carbocycles. The Kier molecular flexibility index (Phi) is 7.44. The van der Waals surface area contributed by atoms with Gasteiger partial charge in [-0.25, -0.2) is 15.0 Å². The van der Waals surface area contributed by atoms with Gasteiger partial charge in [0.25, 0.3) is 0 Å². The molecule has 11 heteroatoms. The highest BCUT2D eigenvalue weighted by molar-refractivity contribution is 7.91. The summed E-state index contributed by atoms with van der Waals surface area (Å²) < 4.78 is 21.3. The molecule has 200 valence electrons. The quantitative estimate of drug-likeness (QED) is 0.283. The molecule has 0 bridgehead atoms. The van der Waals surface area contributed by atoms with Gasteiger partial charge in [-0.2, -0.15) is 5.10 Å². The molecule has 0 unspecified atom stereocenters. The lowest BCUT2D eigenvalue weighted by Gasteiger charge is -2.27. The maximum Gasteiger partial charge on any atom is 0.140 e. The molecule has 1 N–H and O–H groups in total. The fraction of sp³-hybridized carbons (Fsp3) is 0.286. The van der Waals surface area contributed by atoms with Crippen LogP contribution in [0.4, 0.5) is 5.82 Å². The first-order valence-electron chi connectivity index (χ1n) is 12.9. The minimum absolute atomic E-state index is 0.587. The third-order valence-electron chi connectivity index (χ3n) is 6.83. The number of aryl methyl sites for hydroxylation is 1. The van der Waals surface area contributed by atoms with E-state index in [1.807, 2.05) is 54.4 Å². The lowest BCUT2D eigenvalue weighted by molar-refractivity contribution is 0.219. The van der Waals surface area contributed by atoms with Gasteiger partial charge in [0.05, 0.1) is 23.8 Å². The predicted octanol–water partition coefficient (Wildman–Crippen LogP) is 3.25. The average Bonchev–Trinajstić information content (AvgIpc) is 3.59. The summed E-state index contributed by atoms with van der Waals surface area (Å²) in [5.41, 5.74) is 5.84. The summed E-state index contributed by atoms with van der Waals surface area (Å²) in [4.78, 5) is 15.8. The first kappa shape index (κ1) is 25.4. The molecule has 0 atom stereocenters. The lowest BCUT2D eigenvalue weighted by atomic mass is 10.1. The number of fused-ring (bicyclic) bond motifs is 1. The van der Waals surface area contributed by atoms with Crippen molar-refractivity contribution in [2.75, 3.05) is 43.1 Å². The number of imidazole rings is 1. The van der Waals surface area contributed by atoms with E-state index in [4.69, 9.17) is 4.74 Å². The Morgan fingerprint density at radius 2 is 1.85 bits per heavy atom. The Balaban J connectivity index is 1.08. The molecule has 1 aliphatic rings. The zero-order valence-electron chi connectivity index (χ0n) is 21.7. The lowest BCUT2D eigenvalue weighted by Crippen LogP contribution is -2.42. The normalized spacial score (nSPS) is 14.6. The zero-order chi connectivity index (χ0) is 26.6. The van der Waals surface area contributed by atoms with E-state index in [2.05, 4.69) is 54.5 Å². The molecule has 0 saturated carbocycles. The summed E-state index contributed by atoms with van der Waals surface area (Å²) in [6, 6.07) is 14.2. The highest BCUT2D eigenvalue weighted by Gasteiger charge is 2.19. The van der Waals surface area contributed by atoms with E-state index in [1.54, 1.807) is 11.0 Å². The smallest absolute Gasteiger partial charge is 0.140 e. The van der Waals surface area contributed by atoms with Crippen LogP contribution in [0.25, 0.3) is 28.2 Å². The molecular formula is C28H30N8O2S. The van der Waals surface area contributed by atoms with Crippen molar-refractivity contribution in [2.24, 2.45) is 7.05 Å². The molecule has 0 spiro atoms. The second-order valence-electron chi connectivity index (χ2n) is 9.51. The van der Waals surface area contributed by atoms with Crippen molar-refractivity contribution in [3.05, 3.63) is 79.1 Å². The molecule has 4 aromatic heterocycles. The van der Waals surface area contributed by atoms with Crippen molar-refractivity contribution >= 4 is 22.6 Å². The number of hydrogen-bond acceptors (Lipinski definition) is 8. The fourth-order valence-corrected chi connectivity index (χ4v) is 5.73. The van der Waals surface area contributed by atoms with Gasteiger partial charge in [-0.3, -0.25) is 14.0 Å². The van der Waals surface area contributed by atoms with E-state index in [9.17, 15) is 4.55 Å². The van der Waals surface area contributed by atoms with Gasteiger partial charge < -0.3 is 14.6 Å². The number of nitrogens with zero attached hydrogens (tertiary/aromatic N) is 7. The number of aromatic nitrogens is 6. The summed E-state index contributed by atoms with van der Waals surface area (Å²) in [6.45, 7) is 3.80. The summed E-state index contributed by atoms with van der Waals surface area (Å²) >= 11 is -0.659. The van der Waals surface area contributed by atoms with Crippen LogP contribution >= 0.6 is 0 Å². The maximum absolute atomic E-state index is 11.5. The Hall–Kier alpha value is -3.93. The van der Waals surface area contributed by atoms with Crippen molar-refractivity contribution < 1.29 is 9.29 Å². The molecule has 1 saturated heterocycles. The number of rotatable bonds is 9. The van der Waals surface area contributed by atoms with Crippen LogP contribution in [-0.2, 0) is 24.8 Å². The predicted molar refractivity (Wildman–Crippen MR) is 152 cm³/mol. The Morgan fingerprint density at radius 3 is 2.64 bits per heavy atom. The second-order valence-corrected chi connectivity index (χ2v) is 11.2. The summed E-state index contributed by atoms with van der Waals surface area (Å²) in [5, 5.41) is 7.64. The number of pyridine rings is 1. The molecule has 5 aromatic rings. The van der Waals surface area contributed by atoms with Gasteiger partial charge in [0, 0.05) is 63.3 Å². The van der Waals surface area contributed by atoms with Gasteiger partial charge in [-0.15, -0.1) is 0 Å². The van der Waals surface area contributed by atoms with E-state index in [1.165, 1.54) is 0 Å². The van der Waals surface area contributed by atoms with Crippen LogP contribution in [0.1, 0.15) is 5.56 Å². The first-order chi connectivity index (χ1) is 19.1. The van der Waals surface area contributed by atoms with Crippen LogP contribution in [0.5, 0.6) is 5.75 Å². The van der Waals surface area contributed by atoms with Crippen LogP contribution in [0.15, 0.2) is 73.6 Å². The van der Waals surface area contributed by atoms with E-state index in [0.29, 0.717) is 13.2 Å². The molecule has 1 aliphatic heterocycles. The molecule has 1 fully saturated rings. The summed E-state index contributed by atoms with van der Waals surface area (Å²) in [7, 11) is 1.92. The number of hydrogen-bond donors (Lipinski definition) is 1. The van der Waals surface area contributed by atoms with Gasteiger partial charge in [-0.05, 0) is 17.2 Å². The van der Waals surface area contributed by atoms with Gasteiger partial charge in [0.2, 0.25) is 0 Å². The second kappa shape index (κ2) is 11.4. The molecule has 0 aliphatic carbocycles. The van der Waals surface area contributed by atoms with Crippen LogP contribution in [0, 0.1) is 0 Å². The topological polar surface area (TPSA) is 108 Å². The Morgan fingerprint density at radius 1 is 1.00 bits per heavy atom. The number of nitrogens with one attached hydrogen (secondary N) is 1. The van der Waals surface area contributed by atoms with Gasteiger partial charge >= 0.3 is 0 Å². The molecule has 0 amide bonds. The van der Waals surface area contributed by atoms with Crippen LogP contribution in [-0.4, -0.2) is 76.3 Å². The third kappa shape index (κ3) is 6.06. The summed E-state index contributed by atoms with van der Waals surface area (Å²) in [5.74, 6) is 3.03. The van der Waals surface area contributed by atoms with E-state index >= 15 is 0 Å². The third-order valence-corrected chi connectivity index (χ3v) is 8.10. The average molecular weight is 543 g/mol. The van der Waals surface area contributed by atoms with Crippen LogP contribution in [0.3, 0.4) is 0 Å². The van der Waals surface area contributed by atoms with Crippen molar-refractivity contribution in [2.45, 2.75) is 6.54 Å². The monoisotopic (exact) mass is 542 g/mol. The summed E-state index contributed by atoms with van der Waals surface area (Å²) in [6.07, 6.45) is 9.21. The van der Waals surface area contributed by atoms with Crippen LogP contribution in [0.2, 0.25) is 0 Å². The molecule has 39 heavy (non-hydrogen) atoms. The molecule has 0 radical (unpaired) electrons. The highest BCUT2D eigenvalue weighted by Crippen LogP contribution is 2.24. The van der Waals surface area contributed by atoms with Crippen molar-refractivity contribution in [3.8, 4) is 28.3 Å². The van der Waals surface area contributed by atoms with Crippen molar-refractivity contribution in [1.29, 1.82) is 0 Å². The standard InChI is InChI=1S/C28H30N8O2S/c1-34-19-23(17-33-34)22-4-2-21(3-5-22)16-29-27-15-25(31-20-32-27)26-18-30-28-14-24(6-7-36(26)28)38-11-8-35-9-12-39(37)13-10-35/h2-7,14-15,17-20H,8-13,16H2,1H3,(H,29,31,32). The zero-order valence-corrected chi connectivity index (χ0v) is 22.5. The molecule has 5 heterocycles. The first-order valence-corrected chi connectivity index (χ1v) is 14.4. The van der Waals surface area contributed by atoms with E-state index in [-0.39, 0.29) is 0 Å². The van der Waals surface area contributed by atoms with Gasteiger partial charge in [0.15, 0.2) is 0 Å².